The van der Waals surface area contributed by atoms with Crippen molar-refractivity contribution < 1.29 is 26.0 Å². The number of nitrogens with zero attached hydrogens (tertiary/aromatic N) is 2. The number of aromatic nitrogens is 2. The maximum absolute atomic E-state index is 12.5. The first-order valence-electron chi connectivity index (χ1n) is 7.85. The fourth-order valence-corrected chi connectivity index (χ4v) is 5.06. The van der Waals surface area contributed by atoms with E-state index in [2.05, 4.69) is 15.3 Å². The Labute approximate surface area is 161 Å². The maximum Gasteiger partial charge on any atom is 0.335 e. The Bertz CT molecular complexity index is 1300. The van der Waals surface area contributed by atoms with Gasteiger partial charge in [-0.25, -0.2) is 31.3 Å². The average Bonchev–Trinajstić information content (AvgIpc) is 2.94. The second-order valence-electron chi connectivity index (χ2n) is 5.99. The van der Waals surface area contributed by atoms with Crippen LogP contribution < -0.4 is 10.0 Å². The van der Waals surface area contributed by atoms with Crippen molar-refractivity contribution in [1.82, 2.24) is 14.7 Å². The highest BCUT2D eigenvalue weighted by Crippen LogP contribution is 2.22. The number of sulfonamides is 1. The number of benzene rings is 1. The number of rotatable bonds is 4. The highest BCUT2D eigenvalue weighted by molar-refractivity contribution is 7.93. The van der Waals surface area contributed by atoms with Gasteiger partial charge in [-0.05, 0) is 32.0 Å². The summed E-state index contributed by atoms with van der Waals surface area (Å²) in [4.78, 5) is 19.3. The lowest BCUT2D eigenvalue weighted by Crippen LogP contribution is -2.35. The number of urea groups is 1. The van der Waals surface area contributed by atoms with Gasteiger partial charge in [-0.1, -0.05) is 12.1 Å². The van der Waals surface area contributed by atoms with Gasteiger partial charge in [0.25, 0.3) is 10.0 Å². The second-order valence-corrected chi connectivity index (χ2v) is 9.62. The Balaban J connectivity index is 1.87. The van der Waals surface area contributed by atoms with Gasteiger partial charge in [-0.2, -0.15) is 4.98 Å². The number of carbonyl (C=O) groups is 1. The van der Waals surface area contributed by atoms with Gasteiger partial charge in [-0.15, -0.1) is 0 Å². The average molecular weight is 424 g/mol. The third-order valence-corrected chi connectivity index (χ3v) is 6.37. The summed E-state index contributed by atoms with van der Waals surface area (Å²) in [5.74, 6) is 0.442. The van der Waals surface area contributed by atoms with Gasteiger partial charge < -0.3 is 4.42 Å². The topological polar surface area (TPSA) is 148 Å². The Morgan fingerprint density at radius 1 is 1.04 bits per heavy atom. The number of nitrogens with one attached hydrogen (secondary N) is 2. The number of furan rings is 1. The monoisotopic (exact) mass is 424 g/mol. The fourth-order valence-electron chi connectivity index (χ4n) is 2.52. The Kier molecular flexibility index (Phi) is 4.85. The molecule has 148 valence electrons. The molecular weight excluding hydrogens is 408 g/mol. The van der Waals surface area contributed by atoms with E-state index in [1.807, 2.05) is 0 Å². The summed E-state index contributed by atoms with van der Waals surface area (Å²) in [6.45, 7) is 3.41. The van der Waals surface area contributed by atoms with Crippen molar-refractivity contribution >= 4 is 42.9 Å². The SMILES string of the molecule is Cc1cc2c(C)nc(NC(=O)NS(=O)(=O)c3ccccc3S(C)(=O)=O)nc2o1. The predicted molar refractivity (Wildman–Crippen MR) is 100 cm³/mol. The predicted octanol–water partition coefficient (Wildman–Crippen LogP) is 1.75. The van der Waals surface area contributed by atoms with Crippen LogP contribution in [0.2, 0.25) is 0 Å². The third kappa shape index (κ3) is 3.97. The fraction of sp³-hybridized carbons (Fsp3) is 0.188. The van der Waals surface area contributed by atoms with Gasteiger partial charge in [-0.3, -0.25) is 5.32 Å². The first kappa shape index (κ1) is 19.8. The number of aryl methyl sites for hydroxylation is 2. The summed E-state index contributed by atoms with van der Waals surface area (Å²) in [6, 6.07) is 5.55. The molecule has 3 aromatic rings. The van der Waals surface area contributed by atoms with E-state index in [-0.39, 0.29) is 11.7 Å². The molecule has 0 fully saturated rings. The van der Waals surface area contributed by atoms with Crippen molar-refractivity contribution in [1.29, 1.82) is 0 Å². The molecule has 0 atom stereocenters. The minimum atomic E-state index is -4.46. The van der Waals surface area contributed by atoms with E-state index in [0.717, 1.165) is 18.4 Å². The number of amides is 2. The second kappa shape index (κ2) is 6.87. The van der Waals surface area contributed by atoms with Crippen LogP contribution in [-0.4, -0.2) is 39.1 Å². The zero-order valence-electron chi connectivity index (χ0n) is 15.0. The lowest BCUT2D eigenvalue weighted by Gasteiger charge is -2.11. The molecule has 28 heavy (non-hydrogen) atoms. The van der Waals surface area contributed by atoms with E-state index in [9.17, 15) is 21.6 Å². The van der Waals surface area contributed by atoms with Gasteiger partial charge in [0.15, 0.2) is 9.84 Å². The highest BCUT2D eigenvalue weighted by Gasteiger charge is 2.25. The Hall–Kier alpha value is -2.99. The molecule has 0 bridgehead atoms. The number of fused-ring (bicyclic) bond motifs is 1. The normalized spacial score (nSPS) is 12.1. The molecule has 2 N–H and O–H groups in total. The Morgan fingerprint density at radius 2 is 1.68 bits per heavy atom. The minimum Gasteiger partial charge on any atom is -0.443 e. The van der Waals surface area contributed by atoms with Crippen LogP contribution in [0.25, 0.3) is 11.1 Å². The van der Waals surface area contributed by atoms with Gasteiger partial charge in [0.1, 0.15) is 10.7 Å². The number of carbonyl (C=O) groups excluding carboxylic acids is 1. The van der Waals surface area contributed by atoms with Crippen molar-refractivity contribution in [2.45, 2.75) is 23.6 Å². The summed E-state index contributed by atoms with van der Waals surface area (Å²) in [5.41, 5.74) is 0.771. The van der Waals surface area contributed by atoms with Crippen LogP contribution in [0.5, 0.6) is 0 Å². The largest absolute Gasteiger partial charge is 0.443 e. The molecule has 0 saturated carbocycles. The van der Waals surface area contributed by atoms with Crippen molar-refractivity contribution in [2.75, 3.05) is 11.6 Å². The standard InChI is InChI=1S/C16H16N4O6S2/c1-9-8-11-10(2)17-15(18-14(11)26-9)19-16(21)20-28(24,25)13-7-5-4-6-12(13)27(3,22)23/h4-8H,1-3H3,(H2,17,18,19,20,21). The van der Waals surface area contributed by atoms with E-state index in [4.69, 9.17) is 4.42 Å². The lowest BCUT2D eigenvalue weighted by molar-refractivity contribution is 0.256. The molecule has 3 rings (SSSR count). The number of sulfone groups is 1. The summed E-state index contributed by atoms with van der Waals surface area (Å²) >= 11 is 0. The molecule has 10 nitrogen and oxygen atoms in total. The zero-order chi connectivity index (χ0) is 20.7. The summed E-state index contributed by atoms with van der Waals surface area (Å²) in [7, 11) is -8.29. The molecule has 2 heterocycles. The first-order valence-corrected chi connectivity index (χ1v) is 11.2. The molecule has 0 aliphatic carbocycles. The van der Waals surface area contributed by atoms with Crippen LogP contribution >= 0.6 is 0 Å². The van der Waals surface area contributed by atoms with Crippen LogP contribution in [-0.2, 0) is 19.9 Å². The lowest BCUT2D eigenvalue weighted by atomic mass is 10.3. The summed E-state index contributed by atoms with van der Waals surface area (Å²) in [6.07, 6.45) is 0.874. The zero-order valence-corrected chi connectivity index (χ0v) is 16.7. The molecule has 2 amide bonds. The van der Waals surface area contributed by atoms with Gasteiger partial charge in [0.2, 0.25) is 11.7 Å². The van der Waals surface area contributed by atoms with Crippen molar-refractivity contribution in [2.24, 2.45) is 0 Å². The molecule has 0 aliphatic rings. The van der Waals surface area contributed by atoms with Crippen LogP contribution in [0.1, 0.15) is 11.5 Å². The summed E-state index contributed by atoms with van der Waals surface area (Å²) in [5, 5.41) is 2.87. The van der Waals surface area contributed by atoms with Gasteiger partial charge >= 0.3 is 6.03 Å². The van der Waals surface area contributed by atoms with E-state index < -0.39 is 35.7 Å². The van der Waals surface area contributed by atoms with E-state index in [1.54, 1.807) is 24.6 Å². The molecule has 0 radical (unpaired) electrons. The van der Waals surface area contributed by atoms with Crippen molar-refractivity contribution in [3.8, 4) is 0 Å². The molecule has 12 heteroatoms. The van der Waals surface area contributed by atoms with E-state index in [1.165, 1.54) is 12.1 Å². The molecule has 0 aliphatic heterocycles. The number of hydrogen-bond acceptors (Lipinski definition) is 8. The summed E-state index contributed by atoms with van der Waals surface area (Å²) < 4.78 is 55.8. The third-order valence-electron chi connectivity index (χ3n) is 3.70. The molecule has 2 aromatic heterocycles. The minimum absolute atomic E-state index is 0.163. The maximum atomic E-state index is 12.5. The molecule has 0 spiro atoms. The Morgan fingerprint density at radius 3 is 2.32 bits per heavy atom. The smallest absolute Gasteiger partial charge is 0.335 e. The molecular formula is C16H16N4O6S2. The first-order chi connectivity index (χ1) is 13.0. The van der Waals surface area contributed by atoms with Crippen LogP contribution in [0.4, 0.5) is 10.7 Å². The quantitative estimate of drug-likeness (QED) is 0.643. The van der Waals surface area contributed by atoms with Gasteiger partial charge in [0, 0.05) is 6.26 Å². The number of hydrogen-bond donors (Lipinski definition) is 2. The van der Waals surface area contributed by atoms with Crippen LogP contribution in [0, 0.1) is 13.8 Å². The van der Waals surface area contributed by atoms with Crippen molar-refractivity contribution in [3.05, 3.63) is 41.8 Å². The van der Waals surface area contributed by atoms with E-state index in [0.29, 0.717) is 16.8 Å². The molecule has 0 saturated heterocycles. The van der Waals surface area contributed by atoms with E-state index >= 15 is 0 Å². The number of anilines is 1. The van der Waals surface area contributed by atoms with Crippen LogP contribution in [0.3, 0.4) is 0 Å². The van der Waals surface area contributed by atoms with Gasteiger partial charge in [0.05, 0.1) is 16.0 Å². The molecule has 0 unspecified atom stereocenters. The molecule has 1 aromatic carbocycles. The van der Waals surface area contributed by atoms with Crippen molar-refractivity contribution in [3.63, 3.8) is 0 Å². The van der Waals surface area contributed by atoms with Crippen LogP contribution in [0.15, 0.2) is 44.5 Å². The highest BCUT2D eigenvalue weighted by atomic mass is 32.2.